The fourth-order valence-corrected chi connectivity index (χ4v) is 3.79. The summed E-state index contributed by atoms with van der Waals surface area (Å²) in [6, 6.07) is 15.5. The van der Waals surface area contributed by atoms with Crippen molar-refractivity contribution in [2.24, 2.45) is 0 Å². The number of benzene rings is 2. The summed E-state index contributed by atoms with van der Waals surface area (Å²) >= 11 is 1.60. The number of nitrogens with one attached hydrogen (secondary N) is 1. The first kappa shape index (κ1) is 19.2. The first-order valence-corrected chi connectivity index (χ1v) is 10.1. The lowest BCUT2D eigenvalue weighted by Gasteiger charge is -2.20. The first-order chi connectivity index (χ1) is 13.1. The first-order valence-electron chi connectivity index (χ1n) is 8.96. The molecule has 3 aromatic rings. The average Bonchev–Trinajstić information content (AvgIpc) is 2.66. The Morgan fingerprint density at radius 1 is 1.19 bits per heavy atom. The van der Waals surface area contributed by atoms with E-state index in [1.807, 2.05) is 31.2 Å². The van der Waals surface area contributed by atoms with Crippen LogP contribution < -0.4 is 5.56 Å². The van der Waals surface area contributed by atoms with Crippen molar-refractivity contribution in [1.29, 1.82) is 0 Å². The van der Waals surface area contributed by atoms with Crippen LogP contribution in [0.4, 0.5) is 0 Å². The highest BCUT2D eigenvalue weighted by Crippen LogP contribution is 2.15. The number of hydrogen-bond acceptors (Lipinski definition) is 4. The second-order valence-corrected chi connectivity index (χ2v) is 7.41. The smallest absolute Gasteiger partial charge is 0.258 e. The van der Waals surface area contributed by atoms with Gasteiger partial charge in [-0.1, -0.05) is 42.0 Å². The van der Waals surface area contributed by atoms with Gasteiger partial charge < -0.3 is 9.88 Å². The molecule has 0 saturated carbocycles. The second kappa shape index (κ2) is 8.86. The van der Waals surface area contributed by atoms with E-state index in [9.17, 15) is 9.59 Å². The zero-order chi connectivity index (χ0) is 19.2. The van der Waals surface area contributed by atoms with Gasteiger partial charge in [-0.2, -0.15) is 0 Å². The number of H-pyrrole nitrogens is 1. The Bertz CT molecular complexity index is 1000. The van der Waals surface area contributed by atoms with E-state index in [1.54, 1.807) is 22.7 Å². The Labute approximate surface area is 162 Å². The summed E-state index contributed by atoms with van der Waals surface area (Å²) in [7, 11) is 0. The summed E-state index contributed by atoms with van der Waals surface area (Å²) in [5, 5.41) is 0.560. The molecular formula is C21H23N3O2S. The Kier molecular flexibility index (Phi) is 6.29. The lowest BCUT2D eigenvalue weighted by molar-refractivity contribution is -0.128. The van der Waals surface area contributed by atoms with Gasteiger partial charge in [-0.15, -0.1) is 11.8 Å². The van der Waals surface area contributed by atoms with Gasteiger partial charge in [0.2, 0.25) is 5.91 Å². The van der Waals surface area contributed by atoms with Crippen molar-refractivity contribution in [1.82, 2.24) is 14.9 Å². The topological polar surface area (TPSA) is 66.1 Å². The zero-order valence-corrected chi connectivity index (χ0v) is 16.4. The summed E-state index contributed by atoms with van der Waals surface area (Å²) in [5.41, 5.74) is 2.92. The second-order valence-electron chi connectivity index (χ2n) is 6.42. The van der Waals surface area contributed by atoms with Gasteiger partial charge in [-0.3, -0.25) is 9.59 Å². The molecule has 2 aromatic carbocycles. The Morgan fingerprint density at radius 2 is 2.00 bits per heavy atom. The van der Waals surface area contributed by atoms with Gasteiger partial charge in [0.05, 0.1) is 23.2 Å². The molecule has 6 heteroatoms. The van der Waals surface area contributed by atoms with Crippen molar-refractivity contribution in [3.63, 3.8) is 0 Å². The van der Waals surface area contributed by atoms with E-state index in [2.05, 4.69) is 35.1 Å². The summed E-state index contributed by atoms with van der Waals surface area (Å²) in [4.78, 5) is 33.8. The van der Waals surface area contributed by atoms with E-state index in [0.717, 1.165) is 5.75 Å². The van der Waals surface area contributed by atoms with Crippen LogP contribution in [0, 0.1) is 6.92 Å². The van der Waals surface area contributed by atoms with E-state index in [0.29, 0.717) is 35.6 Å². The minimum Gasteiger partial charge on any atom is -0.335 e. The van der Waals surface area contributed by atoms with Crippen LogP contribution in [-0.4, -0.2) is 33.1 Å². The molecule has 5 nitrogen and oxygen atoms in total. The molecule has 0 spiro atoms. The molecule has 3 rings (SSSR count). The number of aromatic amines is 1. The SMILES string of the molecule is CCN(Cc1nc2ccccc2c(=O)[nH]1)C(=O)CSCc1cccc(C)c1. The van der Waals surface area contributed by atoms with Crippen molar-refractivity contribution in [2.45, 2.75) is 26.1 Å². The van der Waals surface area contributed by atoms with E-state index in [1.165, 1.54) is 11.1 Å². The normalized spacial score (nSPS) is 10.9. The fraction of sp³-hybridized carbons (Fsp3) is 0.286. The largest absolute Gasteiger partial charge is 0.335 e. The number of rotatable bonds is 7. The van der Waals surface area contributed by atoms with E-state index >= 15 is 0 Å². The van der Waals surface area contributed by atoms with E-state index in [-0.39, 0.29) is 11.5 Å². The molecule has 0 radical (unpaired) electrons. The van der Waals surface area contributed by atoms with Gasteiger partial charge >= 0.3 is 0 Å². The minimum absolute atomic E-state index is 0.0472. The van der Waals surface area contributed by atoms with Crippen molar-refractivity contribution in [2.75, 3.05) is 12.3 Å². The molecule has 0 fully saturated rings. The third-order valence-electron chi connectivity index (χ3n) is 4.31. The number of nitrogens with zero attached hydrogens (tertiary/aromatic N) is 2. The van der Waals surface area contributed by atoms with Gasteiger partial charge in [-0.05, 0) is 31.5 Å². The van der Waals surface area contributed by atoms with Gasteiger partial charge in [0.15, 0.2) is 0 Å². The number of thioether (sulfide) groups is 1. The lowest BCUT2D eigenvalue weighted by atomic mass is 10.2. The number of para-hydroxylation sites is 1. The molecule has 0 saturated heterocycles. The van der Waals surface area contributed by atoms with E-state index < -0.39 is 0 Å². The quantitative estimate of drug-likeness (QED) is 0.680. The number of fused-ring (bicyclic) bond motifs is 1. The molecule has 0 aliphatic heterocycles. The lowest BCUT2D eigenvalue weighted by Crippen LogP contribution is -2.33. The molecule has 0 aliphatic carbocycles. The molecule has 1 amide bonds. The predicted molar refractivity (Wildman–Crippen MR) is 111 cm³/mol. The molecule has 0 unspecified atom stereocenters. The van der Waals surface area contributed by atoms with Crippen LogP contribution in [0.1, 0.15) is 23.9 Å². The average molecular weight is 382 g/mol. The molecule has 1 heterocycles. The van der Waals surface area contributed by atoms with Crippen LogP contribution >= 0.6 is 11.8 Å². The van der Waals surface area contributed by atoms with Crippen LogP contribution in [0.5, 0.6) is 0 Å². The molecule has 27 heavy (non-hydrogen) atoms. The monoisotopic (exact) mass is 381 g/mol. The number of carbonyl (C=O) groups excluding carboxylic acids is 1. The minimum atomic E-state index is -0.173. The summed E-state index contributed by atoms with van der Waals surface area (Å²) in [6.45, 7) is 4.87. The summed E-state index contributed by atoms with van der Waals surface area (Å²) in [6.07, 6.45) is 0. The highest BCUT2D eigenvalue weighted by Gasteiger charge is 2.14. The molecular weight excluding hydrogens is 358 g/mol. The number of aryl methyl sites for hydroxylation is 1. The predicted octanol–water partition coefficient (Wildman–Crippen LogP) is 3.51. The van der Waals surface area contributed by atoms with Crippen LogP contribution in [0.3, 0.4) is 0 Å². The maximum absolute atomic E-state index is 12.6. The zero-order valence-electron chi connectivity index (χ0n) is 15.6. The third-order valence-corrected chi connectivity index (χ3v) is 5.30. The highest BCUT2D eigenvalue weighted by molar-refractivity contribution is 7.99. The Balaban J connectivity index is 1.62. The molecule has 1 aromatic heterocycles. The number of hydrogen-bond donors (Lipinski definition) is 1. The van der Waals surface area contributed by atoms with Gasteiger partial charge in [-0.25, -0.2) is 4.98 Å². The van der Waals surface area contributed by atoms with Gasteiger partial charge in [0, 0.05) is 12.3 Å². The highest BCUT2D eigenvalue weighted by atomic mass is 32.2. The molecule has 0 bridgehead atoms. The van der Waals surface area contributed by atoms with Crippen molar-refractivity contribution in [3.05, 3.63) is 75.8 Å². The third kappa shape index (κ3) is 4.98. The fourth-order valence-electron chi connectivity index (χ4n) is 2.92. The van der Waals surface area contributed by atoms with Crippen LogP contribution in [0.2, 0.25) is 0 Å². The number of carbonyl (C=O) groups is 1. The van der Waals surface area contributed by atoms with Crippen molar-refractivity contribution < 1.29 is 4.79 Å². The van der Waals surface area contributed by atoms with Crippen LogP contribution in [-0.2, 0) is 17.1 Å². The molecule has 0 aliphatic rings. The Hall–Kier alpha value is -2.60. The summed E-state index contributed by atoms with van der Waals surface area (Å²) < 4.78 is 0. The van der Waals surface area contributed by atoms with Crippen LogP contribution in [0.15, 0.2) is 53.3 Å². The molecule has 1 N–H and O–H groups in total. The molecule has 0 atom stereocenters. The number of aromatic nitrogens is 2. The van der Waals surface area contributed by atoms with Crippen LogP contribution in [0.25, 0.3) is 10.9 Å². The van der Waals surface area contributed by atoms with E-state index in [4.69, 9.17) is 0 Å². The van der Waals surface area contributed by atoms with Gasteiger partial charge in [0.1, 0.15) is 5.82 Å². The Morgan fingerprint density at radius 3 is 2.78 bits per heavy atom. The van der Waals surface area contributed by atoms with Crippen molar-refractivity contribution >= 4 is 28.6 Å². The maximum atomic E-state index is 12.6. The van der Waals surface area contributed by atoms with Gasteiger partial charge in [0.25, 0.3) is 5.56 Å². The number of amides is 1. The maximum Gasteiger partial charge on any atom is 0.258 e. The summed E-state index contributed by atoms with van der Waals surface area (Å²) in [5.74, 6) is 1.76. The standard InChI is InChI=1S/C21H23N3O2S/c1-3-24(20(25)14-27-13-16-8-6-7-15(2)11-16)12-19-22-18-10-5-4-9-17(18)21(26)23-19/h4-11H,3,12-14H2,1-2H3,(H,22,23,26). The molecule has 140 valence electrons. The van der Waals surface area contributed by atoms with Crippen molar-refractivity contribution in [3.8, 4) is 0 Å².